The largest absolute Gasteiger partial charge is 0.380 e. The molecule has 1 aliphatic rings. The van der Waals surface area contributed by atoms with Gasteiger partial charge < -0.3 is 4.90 Å². The number of hydrogen-bond donors (Lipinski definition) is 0. The van der Waals surface area contributed by atoms with E-state index in [9.17, 15) is 0 Å². The third-order valence-corrected chi connectivity index (χ3v) is 2.73. The monoisotopic (exact) mass is 173 g/mol. The highest BCUT2D eigenvalue weighted by molar-refractivity contribution is 5.65. The SMILES string of the molecule is CC1C(N(C)C)=Cc2ccccc21. The molecule has 1 atom stereocenters. The predicted molar refractivity (Wildman–Crippen MR) is 56.5 cm³/mol. The fraction of sp³-hybridized carbons (Fsp3) is 0.333. The molecule has 0 saturated carbocycles. The first-order valence-corrected chi connectivity index (χ1v) is 4.68. The van der Waals surface area contributed by atoms with Gasteiger partial charge in [-0.3, -0.25) is 0 Å². The fourth-order valence-electron chi connectivity index (χ4n) is 2.00. The van der Waals surface area contributed by atoms with Gasteiger partial charge in [0.25, 0.3) is 0 Å². The van der Waals surface area contributed by atoms with E-state index in [0.717, 1.165) is 0 Å². The first-order valence-electron chi connectivity index (χ1n) is 4.68. The molecule has 1 aromatic carbocycles. The second kappa shape index (κ2) is 2.91. The van der Waals surface area contributed by atoms with Crippen molar-refractivity contribution >= 4 is 6.08 Å². The molecule has 0 heterocycles. The van der Waals surface area contributed by atoms with E-state index in [1.54, 1.807) is 0 Å². The molecule has 0 saturated heterocycles. The molecule has 0 amide bonds. The quantitative estimate of drug-likeness (QED) is 0.631. The minimum absolute atomic E-state index is 0.547. The van der Waals surface area contributed by atoms with Crippen LogP contribution in [0.1, 0.15) is 24.0 Å². The summed E-state index contributed by atoms with van der Waals surface area (Å²) in [7, 11) is 4.21. The van der Waals surface area contributed by atoms with E-state index in [0.29, 0.717) is 5.92 Å². The maximum absolute atomic E-state index is 2.28. The number of nitrogens with zero attached hydrogens (tertiary/aromatic N) is 1. The van der Waals surface area contributed by atoms with Gasteiger partial charge in [-0.1, -0.05) is 31.2 Å². The van der Waals surface area contributed by atoms with Crippen molar-refractivity contribution in [2.75, 3.05) is 14.1 Å². The van der Waals surface area contributed by atoms with Crippen LogP contribution < -0.4 is 0 Å². The Labute approximate surface area is 79.7 Å². The average Bonchev–Trinajstić information content (AvgIpc) is 2.45. The van der Waals surface area contributed by atoms with E-state index in [4.69, 9.17) is 0 Å². The Hall–Kier alpha value is -1.24. The van der Waals surface area contributed by atoms with Crippen LogP contribution in [-0.2, 0) is 0 Å². The zero-order valence-corrected chi connectivity index (χ0v) is 8.41. The topological polar surface area (TPSA) is 3.24 Å². The minimum Gasteiger partial charge on any atom is -0.380 e. The van der Waals surface area contributed by atoms with E-state index in [1.165, 1.54) is 16.8 Å². The van der Waals surface area contributed by atoms with Crippen molar-refractivity contribution in [3.05, 3.63) is 41.1 Å². The van der Waals surface area contributed by atoms with Crippen molar-refractivity contribution < 1.29 is 0 Å². The summed E-state index contributed by atoms with van der Waals surface area (Å²) in [6, 6.07) is 8.61. The lowest BCUT2D eigenvalue weighted by Crippen LogP contribution is -2.13. The molecule has 1 heteroatoms. The van der Waals surface area contributed by atoms with E-state index in [1.807, 2.05) is 0 Å². The molecule has 0 radical (unpaired) electrons. The van der Waals surface area contributed by atoms with E-state index in [-0.39, 0.29) is 0 Å². The van der Waals surface area contributed by atoms with Crippen molar-refractivity contribution in [2.45, 2.75) is 12.8 Å². The van der Waals surface area contributed by atoms with Gasteiger partial charge in [0.05, 0.1) is 0 Å². The molecule has 1 aliphatic carbocycles. The Balaban J connectivity index is 2.44. The molecule has 0 bridgehead atoms. The van der Waals surface area contributed by atoms with Crippen molar-refractivity contribution in [3.63, 3.8) is 0 Å². The summed E-state index contributed by atoms with van der Waals surface area (Å²) in [5.74, 6) is 0.547. The Kier molecular flexibility index (Phi) is 1.87. The summed E-state index contributed by atoms with van der Waals surface area (Å²) in [6.45, 7) is 2.26. The summed E-state index contributed by atoms with van der Waals surface area (Å²) in [4.78, 5) is 2.20. The highest BCUT2D eigenvalue weighted by atomic mass is 15.1. The molecule has 13 heavy (non-hydrogen) atoms. The normalized spacial score (nSPS) is 19.6. The van der Waals surface area contributed by atoms with Gasteiger partial charge in [0.15, 0.2) is 0 Å². The number of allylic oxidation sites excluding steroid dienone is 1. The zero-order valence-electron chi connectivity index (χ0n) is 8.41. The van der Waals surface area contributed by atoms with Crippen LogP contribution in [0, 0.1) is 0 Å². The van der Waals surface area contributed by atoms with E-state index in [2.05, 4.69) is 56.3 Å². The van der Waals surface area contributed by atoms with Gasteiger partial charge in [0, 0.05) is 25.7 Å². The van der Waals surface area contributed by atoms with Crippen LogP contribution in [0.4, 0.5) is 0 Å². The summed E-state index contributed by atoms with van der Waals surface area (Å²) in [5.41, 5.74) is 4.23. The molecule has 1 aromatic rings. The molecule has 2 rings (SSSR count). The smallest absolute Gasteiger partial charge is 0.0217 e. The highest BCUT2D eigenvalue weighted by Gasteiger charge is 2.21. The molecular formula is C12H15N. The minimum atomic E-state index is 0.547. The van der Waals surface area contributed by atoms with E-state index >= 15 is 0 Å². The van der Waals surface area contributed by atoms with Gasteiger partial charge in [-0.25, -0.2) is 0 Å². The lowest BCUT2D eigenvalue weighted by molar-refractivity contribution is 0.482. The van der Waals surface area contributed by atoms with Gasteiger partial charge in [-0.05, 0) is 17.2 Å². The van der Waals surface area contributed by atoms with Crippen LogP contribution in [0.25, 0.3) is 6.08 Å². The van der Waals surface area contributed by atoms with Gasteiger partial charge >= 0.3 is 0 Å². The van der Waals surface area contributed by atoms with Gasteiger partial charge in [0.1, 0.15) is 0 Å². The maximum Gasteiger partial charge on any atom is 0.0217 e. The molecule has 0 spiro atoms. The third kappa shape index (κ3) is 1.24. The molecule has 0 N–H and O–H groups in total. The zero-order chi connectivity index (χ0) is 9.42. The second-order valence-corrected chi connectivity index (χ2v) is 3.81. The lowest BCUT2D eigenvalue weighted by atomic mass is 10.0. The standard InChI is InChI=1S/C12H15N/c1-9-11-7-5-4-6-10(11)8-12(9)13(2)3/h4-9H,1-3H3. The number of fused-ring (bicyclic) bond motifs is 1. The van der Waals surface area contributed by atoms with Crippen LogP contribution in [0.2, 0.25) is 0 Å². The van der Waals surface area contributed by atoms with Crippen LogP contribution in [0.5, 0.6) is 0 Å². The van der Waals surface area contributed by atoms with Crippen molar-refractivity contribution in [2.24, 2.45) is 0 Å². The summed E-state index contributed by atoms with van der Waals surface area (Å²) >= 11 is 0. The van der Waals surface area contributed by atoms with Crippen LogP contribution in [0.3, 0.4) is 0 Å². The van der Waals surface area contributed by atoms with Crippen LogP contribution >= 0.6 is 0 Å². The van der Waals surface area contributed by atoms with Crippen molar-refractivity contribution in [1.82, 2.24) is 4.90 Å². The Morgan fingerprint density at radius 2 is 1.85 bits per heavy atom. The summed E-state index contributed by atoms with van der Waals surface area (Å²) in [5, 5.41) is 0. The molecule has 1 nitrogen and oxygen atoms in total. The lowest BCUT2D eigenvalue weighted by Gasteiger charge is -2.19. The van der Waals surface area contributed by atoms with Crippen molar-refractivity contribution in [1.29, 1.82) is 0 Å². The number of likely N-dealkylation sites (N-methyl/N-ethyl adjacent to an activating group) is 1. The first-order chi connectivity index (χ1) is 6.20. The maximum atomic E-state index is 2.28. The Bertz CT molecular complexity index is 350. The first kappa shape index (κ1) is 8.36. The number of benzene rings is 1. The van der Waals surface area contributed by atoms with E-state index < -0.39 is 0 Å². The molecular weight excluding hydrogens is 158 g/mol. The van der Waals surface area contributed by atoms with Gasteiger partial charge in [-0.15, -0.1) is 0 Å². The molecule has 0 aromatic heterocycles. The van der Waals surface area contributed by atoms with Crippen molar-refractivity contribution in [3.8, 4) is 0 Å². The Morgan fingerprint density at radius 3 is 2.46 bits per heavy atom. The Morgan fingerprint density at radius 1 is 1.15 bits per heavy atom. The molecule has 1 unspecified atom stereocenters. The molecule has 68 valence electrons. The highest BCUT2D eigenvalue weighted by Crippen LogP contribution is 2.36. The fourth-order valence-corrected chi connectivity index (χ4v) is 2.00. The summed E-state index contributed by atoms with van der Waals surface area (Å²) < 4.78 is 0. The molecule has 0 fully saturated rings. The summed E-state index contributed by atoms with van der Waals surface area (Å²) in [6.07, 6.45) is 2.28. The average molecular weight is 173 g/mol. The van der Waals surface area contributed by atoms with Gasteiger partial charge in [-0.2, -0.15) is 0 Å². The third-order valence-electron chi connectivity index (χ3n) is 2.73. The number of rotatable bonds is 1. The van der Waals surface area contributed by atoms with Crippen LogP contribution in [0.15, 0.2) is 30.0 Å². The number of hydrogen-bond acceptors (Lipinski definition) is 1. The molecule has 0 aliphatic heterocycles. The second-order valence-electron chi connectivity index (χ2n) is 3.81. The van der Waals surface area contributed by atoms with Gasteiger partial charge in [0.2, 0.25) is 0 Å². The van der Waals surface area contributed by atoms with Crippen LogP contribution in [-0.4, -0.2) is 19.0 Å². The predicted octanol–water partition coefficient (Wildman–Crippen LogP) is 2.71.